The molecule has 1 aliphatic rings. The maximum Gasteiger partial charge on any atom is 0.262 e. The summed E-state index contributed by atoms with van der Waals surface area (Å²) in [6.45, 7) is 1.70. The number of amides is 2. The van der Waals surface area contributed by atoms with E-state index in [2.05, 4.69) is 10.1 Å². The van der Waals surface area contributed by atoms with Crippen molar-refractivity contribution in [1.82, 2.24) is 15.0 Å². The van der Waals surface area contributed by atoms with Crippen LogP contribution in [0.1, 0.15) is 39.6 Å². The molecule has 2 amide bonds. The van der Waals surface area contributed by atoms with Gasteiger partial charge >= 0.3 is 0 Å². The molecule has 118 valence electrons. The number of fused-ring (bicyclic) bond motifs is 1. The number of hydrogen-bond donors (Lipinski definition) is 0. The van der Waals surface area contributed by atoms with Crippen molar-refractivity contribution < 1.29 is 14.1 Å². The highest BCUT2D eigenvalue weighted by Crippen LogP contribution is 2.31. The summed E-state index contributed by atoms with van der Waals surface area (Å²) in [5, 5.41) is 3.94. The molecule has 6 nitrogen and oxygen atoms in total. The Labute approximate surface area is 137 Å². The van der Waals surface area contributed by atoms with Crippen molar-refractivity contribution in [2.75, 3.05) is 0 Å². The van der Waals surface area contributed by atoms with Crippen molar-refractivity contribution in [2.45, 2.75) is 13.0 Å². The molecule has 4 rings (SSSR count). The molecule has 0 radical (unpaired) electrons. The molecule has 0 saturated carbocycles. The van der Waals surface area contributed by atoms with Crippen LogP contribution in [0.3, 0.4) is 0 Å². The van der Waals surface area contributed by atoms with E-state index in [1.54, 1.807) is 31.2 Å². The molecule has 24 heavy (non-hydrogen) atoms. The van der Waals surface area contributed by atoms with Gasteiger partial charge in [0.15, 0.2) is 0 Å². The highest BCUT2D eigenvalue weighted by Gasteiger charge is 2.40. The Hall–Kier alpha value is -3.28. The molecule has 0 spiro atoms. The predicted molar refractivity (Wildman–Crippen MR) is 85.1 cm³/mol. The van der Waals surface area contributed by atoms with Gasteiger partial charge in [0.05, 0.1) is 11.1 Å². The third-order valence-corrected chi connectivity index (χ3v) is 4.04. The van der Waals surface area contributed by atoms with Crippen molar-refractivity contribution >= 4 is 11.8 Å². The van der Waals surface area contributed by atoms with Gasteiger partial charge in [-0.1, -0.05) is 47.6 Å². The average molecular weight is 319 g/mol. The molecule has 1 unspecified atom stereocenters. The largest absolute Gasteiger partial charge is 0.337 e. The van der Waals surface area contributed by atoms with Crippen molar-refractivity contribution in [3.63, 3.8) is 0 Å². The van der Waals surface area contributed by atoms with Crippen LogP contribution in [0.5, 0.6) is 0 Å². The maximum atomic E-state index is 12.5. The van der Waals surface area contributed by atoms with Crippen molar-refractivity contribution in [3.8, 4) is 11.4 Å². The van der Waals surface area contributed by atoms with Gasteiger partial charge in [-0.25, -0.2) is 0 Å². The molecule has 2 aromatic carbocycles. The third kappa shape index (κ3) is 2.11. The molecule has 0 N–H and O–H groups in total. The minimum Gasteiger partial charge on any atom is -0.337 e. The van der Waals surface area contributed by atoms with Crippen LogP contribution < -0.4 is 0 Å². The molecule has 0 bridgehead atoms. The Balaban J connectivity index is 1.66. The third-order valence-electron chi connectivity index (χ3n) is 4.04. The Morgan fingerprint density at radius 2 is 1.50 bits per heavy atom. The first kappa shape index (κ1) is 14.3. The number of nitrogens with zero attached hydrogens (tertiary/aromatic N) is 3. The summed E-state index contributed by atoms with van der Waals surface area (Å²) in [6.07, 6.45) is 0. The summed E-state index contributed by atoms with van der Waals surface area (Å²) in [5.74, 6) is -0.0393. The van der Waals surface area contributed by atoms with E-state index >= 15 is 0 Å². The first-order valence-corrected chi connectivity index (χ1v) is 7.53. The lowest BCUT2D eigenvalue weighted by Crippen LogP contribution is -2.32. The molecule has 2 heterocycles. The van der Waals surface area contributed by atoms with Crippen LogP contribution in [0.15, 0.2) is 59.1 Å². The van der Waals surface area contributed by atoms with Crippen LogP contribution in [0, 0.1) is 0 Å². The van der Waals surface area contributed by atoms with Crippen molar-refractivity contribution in [3.05, 3.63) is 71.6 Å². The number of aromatic nitrogens is 2. The van der Waals surface area contributed by atoms with Crippen molar-refractivity contribution in [1.29, 1.82) is 0 Å². The van der Waals surface area contributed by atoms with E-state index in [9.17, 15) is 9.59 Å². The SMILES string of the molecule is CC(c1nc(-c2ccccc2)no1)N1C(=O)c2ccccc2C1=O. The van der Waals surface area contributed by atoms with Crippen LogP contribution in [-0.4, -0.2) is 26.9 Å². The van der Waals surface area contributed by atoms with Gasteiger partial charge in [0, 0.05) is 5.56 Å². The van der Waals surface area contributed by atoms with Gasteiger partial charge in [0.2, 0.25) is 11.7 Å². The number of benzene rings is 2. The lowest BCUT2D eigenvalue weighted by Gasteiger charge is -2.18. The standard InChI is InChI=1S/C18H13N3O3/c1-11(16-19-15(20-24-16)12-7-3-2-4-8-12)21-17(22)13-9-5-6-10-14(13)18(21)23/h2-11H,1H3. The fourth-order valence-corrected chi connectivity index (χ4v) is 2.78. The van der Waals surface area contributed by atoms with E-state index in [0.29, 0.717) is 17.0 Å². The fraction of sp³-hybridized carbons (Fsp3) is 0.111. The van der Waals surface area contributed by atoms with E-state index in [0.717, 1.165) is 10.5 Å². The second kappa shape index (κ2) is 5.42. The van der Waals surface area contributed by atoms with Gasteiger partial charge in [-0.3, -0.25) is 14.5 Å². The Morgan fingerprint density at radius 1 is 0.917 bits per heavy atom. The monoisotopic (exact) mass is 319 g/mol. The number of imide groups is 1. The van der Waals surface area contributed by atoms with Crippen LogP contribution in [0.4, 0.5) is 0 Å². The fourth-order valence-electron chi connectivity index (χ4n) is 2.78. The number of rotatable bonds is 3. The molecular weight excluding hydrogens is 306 g/mol. The summed E-state index contributed by atoms with van der Waals surface area (Å²) in [7, 11) is 0. The topological polar surface area (TPSA) is 76.3 Å². The van der Waals surface area contributed by atoms with Crippen LogP contribution in [0.25, 0.3) is 11.4 Å². The Bertz CT molecular complexity index is 898. The summed E-state index contributed by atoms with van der Waals surface area (Å²) in [6, 6.07) is 15.5. The highest BCUT2D eigenvalue weighted by molar-refractivity contribution is 6.21. The molecule has 0 fully saturated rings. The first-order valence-electron chi connectivity index (χ1n) is 7.53. The van der Waals surface area contributed by atoms with Crippen LogP contribution in [0.2, 0.25) is 0 Å². The molecule has 1 aromatic heterocycles. The Kier molecular flexibility index (Phi) is 3.23. The van der Waals surface area contributed by atoms with E-state index in [4.69, 9.17) is 4.52 Å². The molecular formula is C18H13N3O3. The average Bonchev–Trinajstić information content (AvgIpc) is 3.20. The summed E-state index contributed by atoms with van der Waals surface area (Å²) >= 11 is 0. The quantitative estimate of drug-likeness (QED) is 0.693. The molecule has 1 aliphatic heterocycles. The van der Waals surface area contributed by atoms with Gasteiger partial charge in [-0.05, 0) is 19.1 Å². The number of carbonyl (C=O) groups excluding carboxylic acids is 2. The first-order chi connectivity index (χ1) is 11.7. The second-order valence-corrected chi connectivity index (χ2v) is 5.52. The second-order valence-electron chi connectivity index (χ2n) is 5.52. The highest BCUT2D eigenvalue weighted by atomic mass is 16.5. The minimum absolute atomic E-state index is 0.225. The minimum atomic E-state index is -0.637. The smallest absolute Gasteiger partial charge is 0.262 e. The van der Waals surface area contributed by atoms with Gasteiger partial charge in [0.25, 0.3) is 11.8 Å². The van der Waals surface area contributed by atoms with E-state index in [1.807, 2.05) is 30.3 Å². The Morgan fingerprint density at radius 3 is 2.12 bits per heavy atom. The summed E-state index contributed by atoms with van der Waals surface area (Å²) < 4.78 is 5.28. The zero-order valence-corrected chi connectivity index (χ0v) is 12.8. The van der Waals surface area contributed by atoms with Crippen LogP contribution >= 0.6 is 0 Å². The van der Waals surface area contributed by atoms with Gasteiger partial charge in [0.1, 0.15) is 6.04 Å². The molecule has 1 atom stereocenters. The summed E-state index contributed by atoms with van der Waals surface area (Å²) in [4.78, 5) is 30.5. The lowest BCUT2D eigenvalue weighted by molar-refractivity contribution is 0.0568. The molecule has 6 heteroatoms. The number of carbonyl (C=O) groups is 2. The predicted octanol–water partition coefficient (Wildman–Crippen LogP) is 3.09. The normalized spacial score (nSPS) is 14.8. The van der Waals surface area contributed by atoms with Gasteiger partial charge in [-0.15, -0.1) is 0 Å². The summed E-state index contributed by atoms with van der Waals surface area (Å²) in [5.41, 5.74) is 1.61. The molecule has 0 aliphatic carbocycles. The zero-order valence-electron chi connectivity index (χ0n) is 12.8. The van der Waals surface area contributed by atoms with Gasteiger partial charge < -0.3 is 4.52 Å². The number of hydrogen-bond acceptors (Lipinski definition) is 5. The van der Waals surface area contributed by atoms with E-state index < -0.39 is 6.04 Å². The maximum absolute atomic E-state index is 12.5. The van der Waals surface area contributed by atoms with Crippen molar-refractivity contribution in [2.24, 2.45) is 0 Å². The van der Waals surface area contributed by atoms with E-state index in [-0.39, 0.29) is 17.7 Å². The van der Waals surface area contributed by atoms with Crippen LogP contribution in [-0.2, 0) is 0 Å². The molecule has 3 aromatic rings. The van der Waals surface area contributed by atoms with Gasteiger partial charge in [-0.2, -0.15) is 4.98 Å². The zero-order chi connectivity index (χ0) is 16.7. The lowest BCUT2D eigenvalue weighted by atomic mass is 10.1. The van der Waals surface area contributed by atoms with E-state index in [1.165, 1.54) is 0 Å². The molecule has 0 saturated heterocycles.